The van der Waals surface area contributed by atoms with Gasteiger partial charge in [0.25, 0.3) is 0 Å². The number of nitrogens with zero attached hydrogens (tertiary/aromatic N) is 4. The summed E-state index contributed by atoms with van der Waals surface area (Å²) in [5.41, 5.74) is 8.39. The lowest BCUT2D eigenvalue weighted by molar-refractivity contribution is 1.07. The molecule has 0 fully saturated rings. The smallest absolute Gasteiger partial charge is 0.165 e. The van der Waals surface area contributed by atoms with Crippen molar-refractivity contribution >= 4 is 53.3 Å². The van der Waals surface area contributed by atoms with Gasteiger partial charge in [0.15, 0.2) is 17.5 Å². The summed E-state index contributed by atoms with van der Waals surface area (Å²) in [5.74, 6) is 1.60. The van der Waals surface area contributed by atoms with Crippen LogP contribution in [0.4, 0.5) is 0 Å². The topological polar surface area (TPSA) is 43.6 Å². The molecule has 3 heterocycles. The van der Waals surface area contributed by atoms with Crippen LogP contribution in [0.5, 0.6) is 0 Å². The lowest BCUT2D eigenvalue weighted by Crippen LogP contribution is -2.01. The molecule has 0 bridgehead atoms. The predicted octanol–water partition coefficient (Wildman–Crippen LogP) is 13.7. The Morgan fingerprint density at radius 1 is 0.411 bits per heavy atom. The Bertz CT molecular complexity index is 3470. The summed E-state index contributed by atoms with van der Waals surface area (Å²) in [7, 11) is 0. The van der Waals surface area contributed by atoms with Gasteiger partial charge in [-0.2, -0.15) is 0 Å². The maximum Gasteiger partial charge on any atom is 0.165 e. The number of rotatable bonds is 6. The molecule has 0 atom stereocenters. The molecule has 0 aliphatic carbocycles. The van der Waals surface area contributed by atoms with Gasteiger partial charge in [-0.05, 0) is 64.7 Å². The zero-order chi connectivity index (χ0) is 41.4. The number of hydrogen-bond donors (Lipinski definition) is 0. The molecule has 0 radical (unpaired) electrons. The molecule has 0 spiro atoms. The van der Waals surface area contributed by atoms with Crippen LogP contribution in [0.1, 0.15) is 6.85 Å². The minimum absolute atomic E-state index is 0.165. The van der Waals surface area contributed by atoms with Crippen molar-refractivity contribution < 1.29 is 6.85 Å². The number of aromatic nitrogens is 4. The van der Waals surface area contributed by atoms with Gasteiger partial charge in [0.05, 0.1) is 17.9 Å². The number of hydrogen-bond acceptors (Lipinski definition) is 4. The third-order valence-corrected chi connectivity index (χ3v) is 11.5. The Labute approximate surface area is 334 Å². The molecular formula is C51H32N4S. The molecule has 0 amide bonds. The normalized spacial score (nSPS) is 12.8. The molecule has 262 valence electrons. The number of benzene rings is 8. The molecule has 8 aromatic carbocycles. The van der Waals surface area contributed by atoms with Crippen molar-refractivity contribution in [2.75, 3.05) is 0 Å². The largest absolute Gasteiger partial charge is 0.309 e. The number of fused-ring (bicyclic) bond motifs is 6. The molecule has 0 aliphatic rings. The Kier molecular flexibility index (Phi) is 6.49. The van der Waals surface area contributed by atoms with Crippen molar-refractivity contribution in [2.45, 2.75) is 0 Å². The van der Waals surface area contributed by atoms with E-state index in [0.29, 0.717) is 23.0 Å². The van der Waals surface area contributed by atoms with Crippen LogP contribution in [0.15, 0.2) is 194 Å². The molecule has 0 unspecified atom stereocenters. The molecule has 0 saturated carbocycles. The zero-order valence-corrected chi connectivity index (χ0v) is 30.6. The van der Waals surface area contributed by atoms with Gasteiger partial charge >= 0.3 is 0 Å². The average molecular weight is 738 g/mol. The summed E-state index contributed by atoms with van der Waals surface area (Å²) in [5, 5.41) is 4.08. The van der Waals surface area contributed by atoms with Crippen LogP contribution in [0.25, 0.3) is 104 Å². The van der Waals surface area contributed by atoms with Gasteiger partial charge < -0.3 is 4.57 Å². The summed E-state index contributed by atoms with van der Waals surface area (Å²) in [6, 6.07) is 53.8. The standard InChI is InChI=1S/C51H32N4S/c1-4-15-33(16-5-1)36-21-14-22-38(29-36)50-52-49(35-19-8-3-9-20-35)53-51(54-50)44-32-39(55-45-25-12-10-23-40(45)41-24-11-13-26-46(41)55)31-43-42-30-37(34-17-6-2-7-18-34)27-28-47(42)56-48(43)44/h1-32H/i2D,6D,7D,17D,18D. The van der Waals surface area contributed by atoms with Crippen molar-refractivity contribution in [1.82, 2.24) is 19.5 Å². The Hall–Kier alpha value is -7.21. The van der Waals surface area contributed by atoms with E-state index in [1.807, 2.05) is 78.9 Å². The number of thiophene rings is 1. The predicted molar refractivity (Wildman–Crippen MR) is 234 cm³/mol. The van der Waals surface area contributed by atoms with Gasteiger partial charge in [0.1, 0.15) is 0 Å². The molecule has 56 heavy (non-hydrogen) atoms. The van der Waals surface area contributed by atoms with Gasteiger partial charge in [-0.1, -0.05) is 152 Å². The first-order valence-electron chi connectivity index (χ1n) is 20.9. The van der Waals surface area contributed by atoms with E-state index in [9.17, 15) is 0 Å². The molecule has 0 aliphatic heterocycles. The second-order valence-corrected chi connectivity index (χ2v) is 14.7. The van der Waals surface area contributed by atoms with Gasteiger partial charge in [-0.15, -0.1) is 11.3 Å². The van der Waals surface area contributed by atoms with Crippen molar-refractivity contribution in [3.63, 3.8) is 0 Å². The maximum absolute atomic E-state index is 8.78. The second-order valence-electron chi connectivity index (χ2n) is 13.7. The van der Waals surface area contributed by atoms with E-state index >= 15 is 0 Å². The SMILES string of the molecule is [2H]c1c([2H])c([2H])c(-c2ccc3sc4c(-c5nc(-c6ccccc6)nc(-c6cccc(-c7ccccc7)c6)n5)cc(-n5c6ccccc6c6ccccc65)cc4c3c2)c([2H])c1[2H]. The maximum atomic E-state index is 8.78. The van der Waals surface area contributed by atoms with Crippen molar-refractivity contribution in [1.29, 1.82) is 0 Å². The van der Waals surface area contributed by atoms with Crippen LogP contribution in [0.3, 0.4) is 0 Å². The molecule has 5 heteroatoms. The van der Waals surface area contributed by atoms with E-state index in [2.05, 4.69) is 89.5 Å². The van der Waals surface area contributed by atoms with E-state index in [1.54, 1.807) is 11.3 Å². The molecule has 11 rings (SSSR count). The third-order valence-electron chi connectivity index (χ3n) is 10.3. The fourth-order valence-corrected chi connectivity index (χ4v) is 8.89. The van der Waals surface area contributed by atoms with E-state index in [4.69, 9.17) is 21.8 Å². The monoisotopic (exact) mass is 737 g/mol. The summed E-state index contributed by atoms with van der Waals surface area (Å²) >= 11 is 1.61. The molecule has 0 N–H and O–H groups in total. The highest BCUT2D eigenvalue weighted by Crippen LogP contribution is 2.44. The van der Waals surface area contributed by atoms with Crippen LogP contribution < -0.4 is 0 Å². The first-order valence-corrected chi connectivity index (χ1v) is 19.2. The minimum atomic E-state index is -0.417. The lowest BCUT2D eigenvalue weighted by Gasteiger charge is -2.13. The van der Waals surface area contributed by atoms with E-state index in [0.717, 1.165) is 75.5 Å². The minimum Gasteiger partial charge on any atom is -0.309 e. The van der Waals surface area contributed by atoms with E-state index < -0.39 is 6.04 Å². The summed E-state index contributed by atoms with van der Waals surface area (Å²) in [6.07, 6.45) is 0. The first kappa shape index (κ1) is 27.4. The second kappa shape index (κ2) is 13.3. The molecule has 11 aromatic rings. The molecular weight excluding hydrogens is 701 g/mol. The summed E-state index contributed by atoms with van der Waals surface area (Å²) in [6.45, 7) is 0. The van der Waals surface area contributed by atoms with Gasteiger partial charge in [-0.3, -0.25) is 0 Å². The number of para-hydroxylation sites is 2. The summed E-state index contributed by atoms with van der Waals surface area (Å²) < 4.78 is 46.8. The van der Waals surface area contributed by atoms with Crippen molar-refractivity contribution in [3.8, 4) is 62.1 Å². The van der Waals surface area contributed by atoms with Gasteiger partial charge in [0.2, 0.25) is 0 Å². The Morgan fingerprint density at radius 3 is 1.73 bits per heavy atom. The van der Waals surface area contributed by atoms with Crippen molar-refractivity contribution in [2.24, 2.45) is 0 Å². The van der Waals surface area contributed by atoms with Crippen LogP contribution in [0, 0.1) is 0 Å². The van der Waals surface area contributed by atoms with Crippen LogP contribution >= 0.6 is 11.3 Å². The third kappa shape index (κ3) is 5.48. The molecule has 3 aromatic heterocycles. The molecule has 0 saturated heterocycles. The van der Waals surface area contributed by atoms with Crippen LogP contribution in [0.2, 0.25) is 0 Å². The highest BCUT2D eigenvalue weighted by atomic mass is 32.1. The Morgan fingerprint density at radius 2 is 1.00 bits per heavy atom. The van der Waals surface area contributed by atoms with Crippen molar-refractivity contribution in [3.05, 3.63) is 194 Å². The lowest BCUT2D eigenvalue weighted by atomic mass is 10.0. The Balaban J connectivity index is 1.22. The fraction of sp³-hybridized carbons (Fsp3) is 0. The highest BCUT2D eigenvalue weighted by molar-refractivity contribution is 7.26. The van der Waals surface area contributed by atoms with Crippen LogP contribution in [-0.4, -0.2) is 19.5 Å². The van der Waals surface area contributed by atoms with Gasteiger partial charge in [-0.25, -0.2) is 15.0 Å². The zero-order valence-electron chi connectivity index (χ0n) is 34.8. The van der Waals surface area contributed by atoms with E-state index in [1.165, 1.54) is 0 Å². The first-order chi connectivity index (χ1) is 29.8. The average Bonchev–Trinajstić information content (AvgIpc) is 3.86. The quantitative estimate of drug-likeness (QED) is 0.171. The van der Waals surface area contributed by atoms with E-state index in [-0.39, 0.29) is 29.7 Å². The summed E-state index contributed by atoms with van der Waals surface area (Å²) in [4.78, 5) is 15.6. The molecule has 4 nitrogen and oxygen atoms in total. The van der Waals surface area contributed by atoms with Crippen LogP contribution in [-0.2, 0) is 0 Å². The highest BCUT2D eigenvalue weighted by Gasteiger charge is 2.21. The van der Waals surface area contributed by atoms with Gasteiger partial charge in [0, 0.05) is 53.3 Å². The fourth-order valence-electron chi connectivity index (χ4n) is 7.72.